The number of hydrogen-bond donors (Lipinski definition) is 0. The first-order chi connectivity index (χ1) is 4.29. The monoisotopic (exact) mass is 238 g/mol. The Morgan fingerprint density at radius 1 is 1.44 bits per heavy atom. The molecule has 0 bridgehead atoms. The zero-order valence-electron chi connectivity index (χ0n) is 6.07. The summed E-state index contributed by atoms with van der Waals surface area (Å²) in [4.78, 5) is 0. The Kier molecular flexibility index (Phi) is 3.30. The fourth-order valence-corrected chi connectivity index (χ4v) is 2.42. The van der Waals surface area contributed by atoms with Gasteiger partial charge >= 0.3 is 0 Å². The average molecular weight is 238 g/mol. The van der Waals surface area contributed by atoms with Gasteiger partial charge in [0, 0.05) is 3.92 Å². The van der Waals surface area contributed by atoms with Gasteiger partial charge in [0.2, 0.25) is 0 Å². The van der Waals surface area contributed by atoms with Crippen LogP contribution in [-0.4, -0.2) is 3.92 Å². The van der Waals surface area contributed by atoms with E-state index in [2.05, 4.69) is 29.5 Å². The summed E-state index contributed by atoms with van der Waals surface area (Å²) in [5, 5.41) is 0. The van der Waals surface area contributed by atoms with Gasteiger partial charge in [0.05, 0.1) is 0 Å². The van der Waals surface area contributed by atoms with Gasteiger partial charge in [-0.3, -0.25) is 0 Å². The van der Waals surface area contributed by atoms with E-state index in [9.17, 15) is 0 Å². The van der Waals surface area contributed by atoms with Crippen molar-refractivity contribution < 1.29 is 0 Å². The quantitative estimate of drug-likeness (QED) is 0.511. The van der Waals surface area contributed by atoms with Gasteiger partial charge in [-0.1, -0.05) is 55.2 Å². The molecule has 0 aromatic carbocycles. The maximum Gasteiger partial charge on any atom is 0.00839 e. The van der Waals surface area contributed by atoms with E-state index in [1.807, 2.05) is 0 Å². The summed E-state index contributed by atoms with van der Waals surface area (Å²) in [6.45, 7) is 2.32. The number of hydrogen-bond acceptors (Lipinski definition) is 0. The van der Waals surface area contributed by atoms with Gasteiger partial charge in [0.15, 0.2) is 0 Å². The Hall–Kier alpha value is 0.730. The van der Waals surface area contributed by atoms with Crippen molar-refractivity contribution in [1.82, 2.24) is 0 Å². The van der Waals surface area contributed by atoms with Crippen molar-refractivity contribution in [1.29, 1.82) is 0 Å². The molecule has 0 nitrogen and oxygen atoms in total. The van der Waals surface area contributed by atoms with Gasteiger partial charge in [-0.15, -0.1) is 0 Å². The van der Waals surface area contributed by atoms with Crippen LogP contribution < -0.4 is 0 Å². The first kappa shape index (κ1) is 7.83. The molecule has 0 saturated heterocycles. The van der Waals surface area contributed by atoms with Gasteiger partial charge in [-0.05, 0) is 12.3 Å². The van der Waals surface area contributed by atoms with Gasteiger partial charge in [-0.2, -0.15) is 0 Å². The average Bonchev–Trinajstić information content (AvgIpc) is 2.15. The van der Waals surface area contributed by atoms with Crippen molar-refractivity contribution in [3.05, 3.63) is 0 Å². The molecule has 0 amide bonds. The van der Waals surface area contributed by atoms with Crippen LogP contribution in [0, 0.1) is 5.92 Å². The lowest BCUT2D eigenvalue weighted by atomic mass is 10.0. The fourth-order valence-electron chi connectivity index (χ4n) is 1.71. The van der Waals surface area contributed by atoms with Crippen LogP contribution in [0.3, 0.4) is 0 Å². The largest absolute Gasteiger partial charge is 0.0829 e. The van der Waals surface area contributed by atoms with E-state index in [4.69, 9.17) is 0 Å². The molecule has 0 aliphatic heterocycles. The number of rotatable bonds is 2. The molecular weight excluding hydrogens is 223 g/mol. The molecule has 1 aliphatic rings. The minimum atomic E-state index is 0.894. The molecule has 1 heteroatoms. The maximum atomic E-state index is 2.53. The molecule has 9 heavy (non-hydrogen) atoms. The van der Waals surface area contributed by atoms with Crippen LogP contribution in [0.15, 0.2) is 0 Å². The highest BCUT2D eigenvalue weighted by Gasteiger charge is 2.15. The highest BCUT2D eigenvalue weighted by Crippen LogP contribution is 2.30. The zero-order chi connectivity index (χ0) is 6.69. The summed E-state index contributed by atoms with van der Waals surface area (Å²) in [7, 11) is 0. The van der Waals surface area contributed by atoms with Crippen molar-refractivity contribution in [2.75, 3.05) is 0 Å². The van der Waals surface area contributed by atoms with Crippen LogP contribution >= 0.6 is 22.6 Å². The van der Waals surface area contributed by atoms with Crippen LogP contribution in [0.1, 0.15) is 39.0 Å². The van der Waals surface area contributed by atoms with E-state index in [0.29, 0.717) is 0 Å². The molecule has 1 rings (SSSR count). The van der Waals surface area contributed by atoms with Gasteiger partial charge in [0.25, 0.3) is 0 Å². The highest BCUT2D eigenvalue weighted by atomic mass is 127. The third-order valence-corrected chi connectivity index (χ3v) is 2.64. The van der Waals surface area contributed by atoms with Crippen LogP contribution in [0.5, 0.6) is 0 Å². The topological polar surface area (TPSA) is 0 Å². The lowest BCUT2D eigenvalue weighted by molar-refractivity contribution is 0.509. The van der Waals surface area contributed by atoms with Gasteiger partial charge in [-0.25, -0.2) is 0 Å². The molecule has 0 aromatic rings. The minimum absolute atomic E-state index is 0.894. The van der Waals surface area contributed by atoms with Crippen molar-refractivity contribution in [2.45, 2.75) is 43.0 Å². The zero-order valence-corrected chi connectivity index (χ0v) is 8.23. The molecule has 1 atom stereocenters. The smallest absolute Gasteiger partial charge is 0.00839 e. The molecule has 0 aromatic heterocycles. The second-order valence-corrected chi connectivity index (χ2v) is 5.29. The predicted octanol–water partition coefficient (Wildman–Crippen LogP) is 3.39. The Balaban J connectivity index is 2.11. The van der Waals surface area contributed by atoms with Crippen molar-refractivity contribution in [3.63, 3.8) is 0 Å². The first-order valence-electron chi connectivity index (χ1n) is 3.93. The summed E-state index contributed by atoms with van der Waals surface area (Å²) in [6, 6.07) is 0. The SMILES string of the molecule is C[C@@H](I)CC1CCCC1. The van der Waals surface area contributed by atoms with Gasteiger partial charge < -0.3 is 0 Å². The standard InChI is InChI=1S/C8H15I/c1-7(9)6-8-4-2-3-5-8/h7-8H,2-6H2,1H3/t7-/m1/s1. The molecule has 1 fully saturated rings. The molecule has 54 valence electrons. The van der Waals surface area contributed by atoms with E-state index < -0.39 is 0 Å². The molecule has 1 aliphatic carbocycles. The number of alkyl halides is 1. The van der Waals surface area contributed by atoms with Crippen molar-refractivity contribution in [3.8, 4) is 0 Å². The van der Waals surface area contributed by atoms with Crippen molar-refractivity contribution in [2.24, 2.45) is 5.92 Å². The van der Waals surface area contributed by atoms with E-state index >= 15 is 0 Å². The second kappa shape index (κ2) is 3.79. The first-order valence-corrected chi connectivity index (χ1v) is 5.17. The van der Waals surface area contributed by atoms with Crippen LogP contribution in [-0.2, 0) is 0 Å². The Bertz CT molecular complexity index is 72.6. The van der Waals surface area contributed by atoms with E-state index in [-0.39, 0.29) is 0 Å². The highest BCUT2D eigenvalue weighted by molar-refractivity contribution is 14.1. The summed E-state index contributed by atoms with van der Waals surface area (Å²) in [6.07, 6.45) is 7.46. The normalized spacial score (nSPS) is 24.7. The molecule has 1 saturated carbocycles. The van der Waals surface area contributed by atoms with E-state index in [1.165, 1.54) is 32.1 Å². The Labute approximate surface area is 71.5 Å². The molecule has 0 unspecified atom stereocenters. The lowest BCUT2D eigenvalue weighted by Gasteiger charge is -2.09. The molecule has 0 radical (unpaired) electrons. The lowest BCUT2D eigenvalue weighted by Crippen LogP contribution is -1.99. The summed E-state index contributed by atoms with van der Waals surface area (Å²) in [5.41, 5.74) is 0. The predicted molar refractivity (Wildman–Crippen MR) is 50.1 cm³/mol. The third-order valence-electron chi connectivity index (χ3n) is 2.13. The van der Waals surface area contributed by atoms with Crippen molar-refractivity contribution >= 4 is 22.6 Å². The summed E-state index contributed by atoms with van der Waals surface area (Å²) in [5.74, 6) is 1.08. The summed E-state index contributed by atoms with van der Waals surface area (Å²) >= 11 is 2.53. The summed E-state index contributed by atoms with van der Waals surface area (Å²) < 4.78 is 0.894. The molecule has 0 N–H and O–H groups in total. The second-order valence-electron chi connectivity index (χ2n) is 3.17. The maximum absolute atomic E-state index is 2.53. The fraction of sp³-hybridized carbons (Fsp3) is 1.00. The minimum Gasteiger partial charge on any atom is -0.0829 e. The number of halogens is 1. The van der Waals surface area contributed by atoms with E-state index in [0.717, 1.165) is 9.84 Å². The van der Waals surface area contributed by atoms with Gasteiger partial charge in [0.1, 0.15) is 0 Å². The van der Waals surface area contributed by atoms with Crippen LogP contribution in [0.4, 0.5) is 0 Å². The molecule has 0 heterocycles. The van der Waals surface area contributed by atoms with Crippen LogP contribution in [0.2, 0.25) is 0 Å². The Morgan fingerprint density at radius 3 is 2.44 bits per heavy atom. The van der Waals surface area contributed by atoms with E-state index in [1.54, 1.807) is 0 Å². The third kappa shape index (κ3) is 2.87. The Morgan fingerprint density at radius 2 is 2.00 bits per heavy atom. The molecule has 0 spiro atoms. The molecular formula is C8H15I. The van der Waals surface area contributed by atoms with Crippen LogP contribution in [0.25, 0.3) is 0 Å².